The number of para-hydroxylation sites is 3. The van der Waals surface area contributed by atoms with Gasteiger partial charge in [0.25, 0.3) is 0 Å². The average Bonchev–Trinajstić information content (AvgIpc) is 3.82. The second-order valence-electron chi connectivity index (χ2n) is 15.2. The van der Waals surface area contributed by atoms with Gasteiger partial charge in [-0.1, -0.05) is 145 Å². The van der Waals surface area contributed by atoms with Crippen LogP contribution in [-0.4, -0.2) is 0 Å². The summed E-state index contributed by atoms with van der Waals surface area (Å²) >= 11 is 1.88. The third-order valence-corrected chi connectivity index (χ3v) is 13.2. The molecule has 12 rings (SSSR count). The zero-order valence-electron chi connectivity index (χ0n) is 32.0. The van der Waals surface area contributed by atoms with Crippen LogP contribution < -0.4 is 9.80 Å². The lowest BCUT2D eigenvalue weighted by Crippen LogP contribution is -2.31. The van der Waals surface area contributed by atoms with Gasteiger partial charge in [-0.3, -0.25) is 0 Å². The van der Waals surface area contributed by atoms with Crippen LogP contribution in [0.1, 0.15) is 22.3 Å². The van der Waals surface area contributed by atoms with Crippen LogP contribution in [0.5, 0.6) is 0 Å². The summed E-state index contributed by atoms with van der Waals surface area (Å²) in [5.41, 5.74) is 15.5. The Labute approximate surface area is 347 Å². The topological polar surface area (TPSA) is 19.6 Å². The molecule has 278 valence electrons. The van der Waals surface area contributed by atoms with Gasteiger partial charge in [0.1, 0.15) is 11.2 Å². The maximum absolute atomic E-state index is 6.52. The zero-order valence-corrected chi connectivity index (χ0v) is 32.8. The summed E-state index contributed by atoms with van der Waals surface area (Å²) in [6, 6.07) is 79.1. The van der Waals surface area contributed by atoms with Crippen molar-refractivity contribution in [2.75, 3.05) is 9.80 Å². The fraction of sp³-hybridized carbons (Fsp3) is 0.0182. The molecule has 4 heteroatoms. The maximum Gasteiger partial charge on any atom is 0.137 e. The van der Waals surface area contributed by atoms with Crippen LogP contribution in [-0.2, 0) is 5.41 Å². The zero-order chi connectivity index (χ0) is 38.9. The van der Waals surface area contributed by atoms with Crippen molar-refractivity contribution in [2.24, 2.45) is 0 Å². The van der Waals surface area contributed by atoms with Gasteiger partial charge in [-0.15, -0.1) is 0 Å². The first-order chi connectivity index (χ1) is 29.3. The number of anilines is 6. The minimum Gasteiger partial charge on any atom is -0.456 e. The minimum absolute atomic E-state index is 0.444. The molecule has 0 saturated carbocycles. The first-order valence-corrected chi connectivity index (χ1v) is 20.9. The highest BCUT2D eigenvalue weighted by molar-refractivity contribution is 7.99. The Balaban J connectivity index is 1.12. The van der Waals surface area contributed by atoms with Crippen molar-refractivity contribution in [1.82, 2.24) is 0 Å². The molecule has 3 nitrogen and oxygen atoms in total. The Kier molecular flexibility index (Phi) is 7.69. The lowest BCUT2D eigenvalue weighted by molar-refractivity contribution is 0.669. The van der Waals surface area contributed by atoms with Crippen molar-refractivity contribution in [3.05, 3.63) is 241 Å². The van der Waals surface area contributed by atoms with E-state index in [2.05, 4.69) is 222 Å². The lowest BCUT2D eigenvalue weighted by Gasteiger charge is -2.39. The number of rotatable bonds is 6. The van der Waals surface area contributed by atoms with Crippen LogP contribution in [0.25, 0.3) is 33.1 Å². The second-order valence-corrected chi connectivity index (χ2v) is 16.3. The molecule has 1 spiro atoms. The molecule has 0 N–H and O–H groups in total. The smallest absolute Gasteiger partial charge is 0.137 e. The van der Waals surface area contributed by atoms with E-state index in [1.165, 1.54) is 43.2 Å². The molecule has 0 atom stereocenters. The maximum atomic E-state index is 6.52. The van der Waals surface area contributed by atoms with E-state index in [0.29, 0.717) is 0 Å². The molecule has 0 unspecified atom stereocenters. The van der Waals surface area contributed by atoms with Gasteiger partial charge in [0, 0.05) is 43.6 Å². The van der Waals surface area contributed by atoms with Gasteiger partial charge in [0.15, 0.2) is 0 Å². The standard InChI is InChI=1S/C55H36N2OS/c1-3-17-37(18-4-1)56(38-19-5-2-6-20-38)39-21-15-22-40(35-39)57(49-28-16-30-51-54(49)43-24-8-12-29-50(43)58-51)41-33-34-46-44(36-41)42-23-7-9-25-45(42)55(46)47-26-10-13-31-52(47)59-53-32-14-11-27-48(53)55/h1-36H. The normalized spacial score (nSPS) is 13.2. The summed E-state index contributed by atoms with van der Waals surface area (Å²) in [6.07, 6.45) is 0. The van der Waals surface area contributed by atoms with Crippen molar-refractivity contribution in [2.45, 2.75) is 15.2 Å². The van der Waals surface area contributed by atoms with Crippen LogP contribution in [0, 0.1) is 0 Å². The highest BCUT2D eigenvalue weighted by atomic mass is 32.2. The summed E-state index contributed by atoms with van der Waals surface area (Å²) in [5, 5.41) is 2.17. The predicted octanol–water partition coefficient (Wildman–Crippen LogP) is 15.4. The summed E-state index contributed by atoms with van der Waals surface area (Å²) in [6.45, 7) is 0. The van der Waals surface area contributed by atoms with Gasteiger partial charge in [0.2, 0.25) is 0 Å². The highest BCUT2D eigenvalue weighted by Gasteiger charge is 2.50. The van der Waals surface area contributed by atoms with Crippen LogP contribution in [0.3, 0.4) is 0 Å². The molecular formula is C55H36N2OS. The van der Waals surface area contributed by atoms with Crippen LogP contribution in [0.15, 0.2) is 233 Å². The van der Waals surface area contributed by atoms with E-state index < -0.39 is 5.41 Å². The molecule has 9 aromatic carbocycles. The molecule has 1 aliphatic heterocycles. The first kappa shape index (κ1) is 33.8. The van der Waals surface area contributed by atoms with Crippen molar-refractivity contribution in [3.63, 3.8) is 0 Å². The number of fused-ring (bicyclic) bond motifs is 12. The van der Waals surface area contributed by atoms with E-state index in [4.69, 9.17) is 4.42 Å². The Morgan fingerprint density at radius 2 is 0.881 bits per heavy atom. The van der Waals surface area contributed by atoms with E-state index in [0.717, 1.165) is 56.1 Å². The molecule has 0 amide bonds. The lowest BCUT2D eigenvalue weighted by atomic mass is 9.67. The minimum atomic E-state index is -0.444. The van der Waals surface area contributed by atoms with Gasteiger partial charge in [-0.25, -0.2) is 0 Å². The number of nitrogens with zero attached hydrogens (tertiary/aromatic N) is 2. The molecule has 1 aromatic heterocycles. The third-order valence-electron chi connectivity index (χ3n) is 12.1. The van der Waals surface area contributed by atoms with E-state index in [1.54, 1.807) is 0 Å². The largest absolute Gasteiger partial charge is 0.456 e. The number of hydrogen-bond donors (Lipinski definition) is 0. The Hall–Kier alpha value is -7.27. The van der Waals surface area contributed by atoms with Crippen molar-refractivity contribution < 1.29 is 4.42 Å². The molecule has 10 aromatic rings. The van der Waals surface area contributed by atoms with Crippen LogP contribution >= 0.6 is 11.8 Å². The summed E-state index contributed by atoms with van der Waals surface area (Å²) in [4.78, 5) is 7.36. The van der Waals surface area contributed by atoms with E-state index >= 15 is 0 Å². The average molecular weight is 773 g/mol. The summed E-state index contributed by atoms with van der Waals surface area (Å²) in [5.74, 6) is 0. The van der Waals surface area contributed by atoms with Gasteiger partial charge in [-0.2, -0.15) is 0 Å². The van der Waals surface area contributed by atoms with E-state index in [1.807, 2.05) is 17.8 Å². The van der Waals surface area contributed by atoms with Gasteiger partial charge >= 0.3 is 0 Å². The van der Waals surface area contributed by atoms with Crippen molar-refractivity contribution in [1.29, 1.82) is 0 Å². The molecule has 0 fully saturated rings. The van der Waals surface area contributed by atoms with Crippen LogP contribution in [0.4, 0.5) is 34.1 Å². The van der Waals surface area contributed by atoms with Crippen molar-refractivity contribution >= 4 is 67.8 Å². The van der Waals surface area contributed by atoms with Crippen LogP contribution in [0.2, 0.25) is 0 Å². The third kappa shape index (κ3) is 5.10. The Morgan fingerprint density at radius 1 is 0.356 bits per heavy atom. The first-order valence-electron chi connectivity index (χ1n) is 20.1. The molecule has 59 heavy (non-hydrogen) atoms. The predicted molar refractivity (Wildman–Crippen MR) is 245 cm³/mol. The van der Waals surface area contributed by atoms with E-state index in [-0.39, 0.29) is 0 Å². The molecule has 2 heterocycles. The SMILES string of the molecule is c1ccc(N(c2ccccc2)c2cccc(N(c3ccc4c(c3)-c3ccccc3C43c4ccccc4Sc4ccccc43)c3cccc4oc5ccccc5c34)c2)cc1. The second kappa shape index (κ2) is 13.4. The Bertz CT molecular complexity index is 3140. The van der Waals surface area contributed by atoms with Crippen molar-refractivity contribution in [3.8, 4) is 11.1 Å². The molecule has 0 bridgehead atoms. The van der Waals surface area contributed by atoms with Gasteiger partial charge < -0.3 is 14.2 Å². The molecule has 0 radical (unpaired) electrons. The Morgan fingerprint density at radius 3 is 1.61 bits per heavy atom. The number of furan rings is 1. The molecule has 1 aliphatic carbocycles. The summed E-state index contributed by atoms with van der Waals surface area (Å²) < 4.78 is 6.52. The quantitative estimate of drug-likeness (QED) is 0.168. The van der Waals surface area contributed by atoms with E-state index in [9.17, 15) is 0 Å². The number of benzene rings is 9. The van der Waals surface area contributed by atoms with Gasteiger partial charge in [0.05, 0.1) is 16.5 Å². The highest BCUT2D eigenvalue weighted by Crippen LogP contribution is 2.62. The van der Waals surface area contributed by atoms with Gasteiger partial charge in [-0.05, 0) is 118 Å². The summed E-state index contributed by atoms with van der Waals surface area (Å²) in [7, 11) is 0. The molecule has 0 saturated heterocycles. The fourth-order valence-electron chi connectivity index (χ4n) is 9.73. The molecule has 2 aliphatic rings. The monoisotopic (exact) mass is 772 g/mol. The number of hydrogen-bond acceptors (Lipinski definition) is 4. The fourth-order valence-corrected chi connectivity index (χ4v) is 10.9. The molecular weight excluding hydrogens is 737 g/mol.